The Kier molecular flexibility index (Phi) is 55.0. The van der Waals surface area contributed by atoms with Crippen molar-refractivity contribution in [2.24, 2.45) is 0 Å². The third kappa shape index (κ3) is 61.4. The molecule has 0 aliphatic heterocycles. The number of phosphoric ester groups is 1. The van der Waals surface area contributed by atoms with Crippen LogP contribution in [-0.2, 0) is 32.7 Å². The first-order valence-electron chi connectivity index (χ1n) is 30.9. The van der Waals surface area contributed by atoms with E-state index in [-0.39, 0.29) is 26.1 Å². The highest BCUT2D eigenvalue weighted by molar-refractivity contribution is 7.45. The molecule has 0 aromatic heterocycles. The van der Waals surface area contributed by atoms with E-state index in [0.29, 0.717) is 17.4 Å². The lowest BCUT2D eigenvalue weighted by Gasteiger charge is -2.28. The van der Waals surface area contributed by atoms with Gasteiger partial charge in [-0.3, -0.25) is 14.2 Å². The third-order valence-corrected chi connectivity index (χ3v) is 13.6. The molecule has 0 spiro atoms. The van der Waals surface area contributed by atoms with Crippen LogP contribution in [0.2, 0.25) is 0 Å². The van der Waals surface area contributed by atoms with Crippen LogP contribution in [0.5, 0.6) is 0 Å². The van der Waals surface area contributed by atoms with Gasteiger partial charge in [0.2, 0.25) is 0 Å². The number of allylic oxidation sites excluding steroid dienone is 22. The minimum atomic E-state index is -4.65. The number of phosphoric acid groups is 1. The average Bonchev–Trinajstić information content (AvgIpc) is 3.41. The summed E-state index contributed by atoms with van der Waals surface area (Å²) in [6.45, 7) is 3.99. The van der Waals surface area contributed by atoms with E-state index in [9.17, 15) is 19.0 Å². The van der Waals surface area contributed by atoms with Crippen molar-refractivity contribution in [1.29, 1.82) is 0 Å². The van der Waals surface area contributed by atoms with Gasteiger partial charge in [-0.1, -0.05) is 244 Å². The molecule has 0 fully saturated rings. The minimum Gasteiger partial charge on any atom is -0.756 e. The molecule has 0 saturated carbocycles. The molecule has 0 radical (unpaired) electrons. The number of ether oxygens (including phenoxy) is 2. The van der Waals surface area contributed by atoms with E-state index >= 15 is 0 Å². The van der Waals surface area contributed by atoms with Gasteiger partial charge in [0.1, 0.15) is 19.8 Å². The zero-order chi connectivity index (χ0) is 57.0. The largest absolute Gasteiger partial charge is 0.756 e. The predicted octanol–water partition coefficient (Wildman–Crippen LogP) is 19.1. The van der Waals surface area contributed by atoms with Gasteiger partial charge in [0.25, 0.3) is 7.82 Å². The zero-order valence-electron chi connectivity index (χ0n) is 50.3. The lowest BCUT2D eigenvalue weighted by Crippen LogP contribution is -2.37. The van der Waals surface area contributed by atoms with Gasteiger partial charge in [-0.05, 0) is 109 Å². The molecule has 0 heterocycles. The highest BCUT2D eigenvalue weighted by Crippen LogP contribution is 2.38. The van der Waals surface area contributed by atoms with Gasteiger partial charge >= 0.3 is 11.9 Å². The molecule has 0 aliphatic carbocycles. The van der Waals surface area contributed by atoms with Crippen LogP contribution in [0.25, 0.3) is 0 Å². The fraction of sp³-hybridized carbons (Fsp3) is 0.647. The monoisotopic (exact) mass is 1100 g/mol. The summed E-state index contributed by atoms with van der Waals surface area (Å²) in [5.74, 6) is -0.853. The maximum atomic E-state index is 12.8. The highest BCUT2D eigenvalue weighted by Gasteiger charge is 2.22. The normalized spacial score (nSPS) is 14.2. The van der Waals surface area contributed by atoms with Crippen molar-refractivity contribution in [2.75, 3.05) is 47.5 Å². The van der Waals surface area contributed by atoms with E-state index in [2.05, 4.69) is 148 Å². The second-order valence-electron chi connectivity index (χ2n) is 21.3. The van der Waals surface area contributed by atoms with Crippen molar-refractivity contribution in [2.45, 2.75) is 238 Å². The number of esters is 2. The number of nitrogens with zero attached hydrogens (tertiary/aromatic N) is 1. The molecular formula is C68H114NO8P. The Bertz CT molecular complexity index is 1780. The minimum absolute atomic E-state index is 0.0402. The van der Waals surface area contributed by atoms with Crippen LogP contribution in [-0.4, -0.2) is 70.0 Å². The summed E-state index contributed by atoms with van der Waals surface area (Å²) in [5, 5.41) is 0. The Morgan fingerprint density at radius 1 is 0.397 bits per heavy atom. The SMILES string of the molecule is CC/C=C\C/C=C\C/C=C\C/C=C\C/C=C\C/C=C\CCCCCCCCCCC(=O)OC(COC(=O)CCCCCCCCCCCCC/C=C\C/C=C\C/C=C\C/C=C\C/C=C\CC)COP(=O)([O-])OCC[N+](C)(C)C. The van der Waals surface area contributed by atoms with Crippen LogP contribution in [0.3, 0.4) is 0 Å². The number of carbonyl (C=O) groups excluding carboxylic acids is 2. The Balaban J connectivity index is 4.19. The Labute approximate surface area is 479 Å². The summed E-state index contributed by atoms with van der Waals surface area (Å²) >= 11 is 0. The van der Waals surface area contributed by atoms with Crippen molar-refractivity contribution in [1.82, 2.24) is 0 Å². The zero-order valence-corrected chi connectivity index (χ0v) is 51.2. The van der Waals surface area contributed by atoms with Crippen LogP contribution in [0, 0.1) is 0 Å². The second-order valence-corrected chi connectivity index (χ2v) is 22.7. The molecule has 0 aromatic rings. The van der Waals surface area contributed by atoms with Crippen LogP contribution < -0.4 is 4.89 Å². The average molecular weight is 1100 g/mol. The Morgan fingerprint density at radius 3 is 1.03 bits per heavy atom. The van der Waals surface area contributed by atoms with Crippen molar-refractivity contribution in [3.05, 3.63) is 134 Å². The smallest absolute Gasteiger partial charge is 0.306 e. The van der Waals surface area contributed by atoms with Gasteiger partial charge in [-0.25, -0.2) is 0 Å². The first kappa shape index (κ1) is 74.2. The van der Waals surface area contributed by atoms with E-state index in [1.54, 1.807) is 0 Å². The third-order valence-electron chi connectivity index (χ3n) is 12.7. The summed E-state index contributed by atoms with van der Waals surface area (Å²) in [5.41, 5.74) is 0. The molecule has 444 valence electrons. The van der Waals surface area contributed by atoms with E-state index in [4.69, 9.17) is 18.5 Å². The van der Waals surface area contributed by atoms with Gasteiger partial charge in [-0.2, -0.15) is 0 Å². The van der Waals surface area contributed by atoms with Crippen LogP contribution >= 0.6 is 7.82 Å². The molecule has 0 saturated heterocycles. The highest BCUT2D eigenvalue weighted by atomic mass is 31.2. The summed E-state index contributed by atoms with van der Waals surface area (Å²) in [6.07, 6.45) is 83.5. The van der Waals surface area contributed by atoms with Gasteiger partial charge in [0.05, 0.1) is 27.7 Å². The van der Waals surface area contributed by atoms with Crippen molar-refractivity contribution >= 4 is 19.8 Å². The van der Waals surface area contributed by atoms with E-state index in [1.165, 1.54) is 70.6 Å². The fourth-order valence-corrected chi connectivity index (χ4v) is 8.71. The quantitative estimate of drug-likeness (QED) is 0.0195. The number of rotatable bonds is 55. The lowest BCUT2D eigenvalue weighted by atomic mass is 10.0. The standard InChI is InChI=1S/C68H114NO8P/c1-6-8-10-12-14-16-18-20-22-24-26-28-30-32-34-36-38-40-42-44-46-48-50-52-54-56-58-60-67(70)74-64-66(65-76-78(72,73)75-63-62-69(3,4)5)77-68(71)61-59-57-55-53-51-49-47-45-43-41-39-37-35-33-31-29-27-25-23-21-19-17-15-13-11-9-7-2/h8-11,14-17,20-23,26-29,32-35,39,41,66H,6-7,12-13,18-19,24-25,30-31,36-38,40,42-65H2,1-5H3/b10-8-,11-9-,16-14-,17-15-,22-20-,23-21-,28-26-,29-27-,34-32-,35-33-,41-39-. The van der Waals surface area contributed by atoms with Gasteiger partial charge in [0.15, 0.2) is 6.10 Å². The van der Waals surface area contributed by atoms with Crippen LogP contribution in [0.4, 0.5) is 0 Å². The van der Waals surface area contributed by atoms with E-state index < -0.39 is 32.5 Å². The summed E-state index contributed by atoms with van der Waals surface area (Å²) in [6, 6.07) is 0. The van der Waals surface area contributed by atoms with Crippen LogP contribution in [0.1, 0.15) is 232 Å². The first-order valence-corrected chi connectivity index (χ1v) is 32.4. The molecule has 0 amide bonds. The summed E-state index contributed by atoms with van der Waals surface area (Å²) in [4.78, 5) is 38.0. The number of hydrogen-bond donors (Lipinski definition) is 0. The molecular weight excluding hydrogens is 990 g/mol. The van der Waals surface area contributed by atoms with Gasteiger partial charge in [-0.15, -0.1) is 0 Å². The number of carbonyl (C=O) groups is 2. The molecule has 78 heavy (non-hydrogen) atoms. The van der Waals surface area contributed by atoms with Crippen LogP contribution in [0.15, 0.2) is 134 Å². The topological polar surface area (TPSA) is 111 Å². The molecule has 10 heteroatoms. The maximum absolute atomic E-state index is 12.8. The van der Waals surface area contributed by atoms with Gasteiger partial charge in [0, 0.05) is 12.8 Å². The molecule has 9 nitrogen and oxygen atoms in total. The van der Waals surface area contributed by atoms with E-state index in [1.807, 2.05) is 21.1 Å². The molecule has 0 rings (SSSR count). The summed E-state index contributed by atoms with van der Waals surface area (Å²) < 4.78 is 34.2. The number of likely N-dealkylation sites (N-methyl/N-ethyl adjacent to an activating group) is 1. The Hall–Kier alpha value is -3.85. The first-order chi connectivity index (χ1) is 38.0. The fourth-order valence-electron chi connectivity index (χ4n) is 7.98. The summed E-state index contributed by atoms with van der Waals surface area (Å²) in [7, 11) is 1.14. The molecule has 2 atom stereocenters. The number of hydrogen-bond acceptors (Lipinski definition) is 8. The van der Waals surface area contributed by atoms with Crippen molar-refractivity contribution in [3.63, 3.8) is 0 Å². The van der Waals surface area contributed by atoms with Crippen molar-refractivity contribution < 1.29 is 42.1 Å². The molecule has 0 N–H and O–H groups in total. The van der Waals surface area contributed by atoms with Gasteiger partial charge < -0.3 is 27.9 Å². The number of quaternary nitrogens is 1. The predicted molar refractivity (Wildman–Crippen MR) is 332 cm³/mol. The lowest BCUT2D eigenvalue weighted by molar-refractivity contribution is -0.870. The molecule has 0 aromatic carbocycles. The molecule has 0 bridgehead atoms. The number of unbranched alkanes of at least 4 members (excludes halogenated alkanes) is 19. The molecule has 0 aliphatic rings. The molecule has 2 unspecified atom stereocenters. The van der Waals surface area contributed by atoms with Crippen molar-refractivity contribution in [3.8, 4) is 0 Å². The Morgan fingerprint density at radius 2 is 0.692 bits per heavy atom. The maximum Gasteiger partial charge on any atom is 0.306 e. The second kappa shape index (κ2) is 57.8. The van der Waals surface area contributed by atoms with E-state index in [0.717, 1.165) is 128 Å².